The van der Waals surface area contributed by atoms with Crippen LogP contribution in [0.4, 0.5) is 11.9 Å². The van der Waals surface area contributed by atoms with Gasteiger partial charge in [-0.05, 0) is 6.92 Å². The molecule has 7 nitrogen and oxygen atoms in total. The van der Waals surface area contributed by atoms with Gasteiger partial charge in [0.05, 0.1) is 0 Å². The Morgan fingerprint density at radius 2 is 1.54 bits per heavy atom. The summed E-state index contributed by atoms with van der Waals surface area (Å²) in [5.41, 5.74) is 10.4. The summed E-state index contributed by atoms with van der Waals surface area (Å²) in [5, 5.41) is 7.42. The highest BCUT2D eigenvalue weighted by Crippen LogP contribution is 1.94. The summed E-state index contributed by atoms with van der Waals surface area (Å²) < 4.78 is 0. The number of carboxylic acids is 1. The fourth-order valence-corrected chi connectivity index (χ4v) is 0.524. The van der Waals surface area contributed by atoms with Gasteiger partial charge in [-0.25, -0.2) is 0 Å². The van der Waals surface area contributed by atoms with Crippen molar-refractivity contribution in [2.24, 2.45) is 0 Å². The zero-order valence-electron chi connectivity index (χ0n) is 7.35. The molecule has 72 valence electrons. The molecular weight excluding hydrogens is 174 g/mol. The number of anilines is 2. The molecular formula is C6H11N5O2. The predicted molar refractivity (Wildman–Crippen MR) is 46.7 cm³/mol. The Balaban J connectivity index is 0.000000310. The zero-order chi connectivity index (χ0) is 10.4. The van der Waals surface area contributed by atoms with E-state index >= 15 is 0 Å². The van der Waals surface area contributed by atoms with Crippen molar-refractivity contribution < 1.29 is 9.90 Å². The molecule has 0 atom stereocenters. The molecule has 0 fully saturated rings. The molecule has 0 radical (unpaired) electrons. The monoisotopic (exact) mass is 185 g/mol. The first-order valence-corrected chi connectivity index (χ1v) is 3.35. The molecule has 0 aliphatic rings. The molecule has 0 saturated carbocycles. The molecule has 1 aromatic rings. The van der Waals surface area contributed by atoms with E-state index in [1.807, 2.05) is 0 Å². The third-order valence-electron chi connectivity index (χ3n) is 0.782. The molecule has 0 aromatic carbocycles. The average Bonchev–Trinajstić information content (AvgIpc) is 1.80. The van der Waals surface area contributed by atoms with Gasteiger partial charge >= 0.3 is 0 Å². The van der Waals surface area contributed by atoms with Crippen molar-refractivity contribution in [1.82, 2.24) is 15.0 Å². The number of nitrogen functional groups attached to an aromatic ring is 2. The molecule has 0 bridgehead atoms. The van der Waals surface area contributed by atoms with E-state index in [1.165, 1.54) is 0 Å². The largest absolute Gasteiger partial charge is 0.481 e. The minimum atomic E-state index is -0.833. The lowest BCUT2D eigenvalue weighted by atomic mass is 10.7. The molecule has 0 aliphatic carbocycles. The summed E-state index contributed by atoms with van der Waals surface area (Å²) in [4.78, 5) is 20.0. The van der Waals surface area contributed by atoms with Crippen LogP contribution in [-0.2, 0) is 4.79 Å². The quantitative estimate of drug-likeness (QED) is 0.493. The number of rotatable bonds is 0. The van der Waals surface area contributed by atoms with E-state index in [9.17, 15) is 0 Å². The molecule has 1 rings (SSSR count). The number of aryl methyl sites for hydroxylation is 1. The van der Waals surface area contributed by atoms with Crippen LogP contribution in [0.3, 0.4) is 0 Å². The molecule has 1 aromatic heterocycles. The van der Waals surface area contributed by atoms with E-state index in [4.69, 9.17) is 21.4 Å². The highest BCUT2D eigenvalue weighted by molar-refractivity contribution is 5.62. The lowest BCUT2D eigenvalue weighted by molar-refractivity contribution is -0.134. The van der Waals surface area contributed by atoms with Gasteiger partial charge in [-0.3, -0.25) is 4.79 Å². The van der Waals surface area contributed by atoms with Gasteiger partial charge in [0.1, 0.15) is 5.82 Å². The first-order valence-electron chi connectivity index (χ1n) is 3.35. The lowest BCUT2D eigenvalue weighted by Crippen LogP contribution is -2.03. The summed E-state index contributed by atoms with van der Waals surface area (Å²) in [6, 6.07) is 0. The van der Waals surface area contributed by atoms with Gasteiger partial charge in [0.25, 0.3) is 5.97 Å². The van der Waals surface area contributed by atoms with Crippen molar-refractivity contribution in [2.45, 2.75) is 13.8 Å². The average molecular weight is 185 g/mol. The SMILES string of the molecule is CC(=O)O.Cc1nc(N)nc(N)n1. The van der Waals surface area contributed by atoms with E-state index in [0.29, 0.717) is 5.82 Å². The van der Waals surface area contributed by atoms with Crippen molar-refractivity contribution in [3.8, 4) is 0 Å². The Hall–Kier alpha value is -1.92. The van der Waals surface area contributed by atoms with Crippen LogP contribution in [0.25, 0.3) is 0 Å². The number of aliphatic carboxylic acids is 1. The van der Waals surface area contributed by atoms with Crippen molar-refractivity contribution in [3.05, 3.63) is 5.82 Å². The number of nitrogens with two attached hydrogens (primary N) is 2. The Bertz CT molecular complexity index is 247. The van der Waals surface area contributed by atoms with Gasteiger partial charge in [-0.2, -0.15) is 15.0 Å². The van der Waals surface area contributed by atoms with Crippen molar-refractivity contribution >= 4 is 17.9 Å². The number of aromatic nitrogens is 3. The van der Waals surface area contributed by atoms with Crippen LogP contribution in [0.1, 0.15) is 12.7 Å². The molecule has 0 amide bonds. The summed E-state index contributed by atoms with van der Waals surface area (Å²) in [6.07, 6.45) is 0. The summed E-state index contributed by atoms with van der Waals surface area (Å²) in [7, 11) is 0. The van der Waals surface area contributed by atoms with E-state index in [0.717, 1.165) is 6.92 Å². The lowest BCUT2D eigenvalue weighted by Gasteiger charge is -1.93. The second-order valence-electron chi connectivity index (χ2n) is 2.12. The molecule has 0 aliphatic heterocycles. The maximum Gasteiger partial charge on any atom is 0.300 e. The minimum absolute atomic E-state index is 0.167. The second kappa shape index (κ2) is 4.86. The predicted octanol–water partition coefficient (Wildman–Crippen LogP) is -0.565. The summed E-state index contributed by atoms with van der Waals surface area (Å²) in [6.45, 7) is 2.79. The maximum atomic E-state index is 9.00. The summed E-state index contributed by atoms with van der Waals surface area (Å²) in [5.74, 6) is 0.0417. The van der Waals surface area contributed by atoms with Gasteiger partial charge < -0.3 is 16.6 Å². The summed E-state index contributed by atoms with van der Waals surface area (Å²) >= 11 is 0. The van der Waals surface area contributed by atoms with Crippen LogP contribution in [0, 0.1) is 6.92 Å². The normalized spacial score (nSPS) is 8.46. The van der Waals surface area contributed by atoms with Crippen LogP contribution in [0.2, 0.25) is 0 Å². The minimum Gasteiger partial charge on any atom is -0.481 e. The first-order chi connectivity index (χ1) is 5.91. The molecule has 0 saturated heterocycles. The Morgan fingerprint density at radius 3 is 1.77 bits per heavy atom. The van der Waals surface area contributed by atoms with Crippen LogP contribution in [0.5, 0.6) is 0 Å². The van der Waals surface area contributed by atoms with Crippen LogP contribution < -0.4 is 11.5 Å². The fraction of sp³-hybridized carbons (Fsp3) is 0.333. The Kier molecular flexibility index (Phi) is 4.14. The van der Waals surface area contributed by atoms with Gasteiger partial charge in [-0.15, -0.1) is 0 Å². The van der Waals surface area contributed by atoms with Crippen LogP contribution >= 0.6 is 0 Å². The standard InChI is InChI=1S/C4H7N5.C2H4O2/c1-2-7-3(5)9-4(6)8-2;1-2(3)4/h1H3,(H4,5,6,7,8,9);1H3,(H,3,4). The van der Waals surface area contributed by atoms with Gasteiger partial charge in [0.15, 0.2) is 0 Å². The topological polar surface area (TPSA) is 128 Å². The Labute approximate surface area is 74.8 Å². The van der Waals surface area contributed by atoms with E-state index in [-0.39, 0.29) is 11.9 Å². The van der Waals surface area contributed by atoms with Gasteiger partial charge in [-0.1, -0.05) is 0 Å². The molecule has 1 heterocycles. The van der Waals surface area contributed by atoms with Crippen molar-refractivity contribution in [3.63, 3.8) is 0 Å². The first kappa shape index (κ1) is 11.1. The highest BCUT2D eigenvalue weighted by atomic mass is 16.4. The van der Waals surface area contributed by atoms with Crippen LogP contribution in [0.15, 0.2) is 0 Å². The molecule has 7 heteroatoms. The number of hydrogen-bond donors (Lipinski definition) is 3. The number of nitrogens with zero attached hydrogens (tertiary/aromatic N) is 3. The second-order valence-corrected chi connectivity index (χ2v) is 2.12. The number of carbonyl (C=O) groups is 1. The van der Waals surface area contributed by atoms with Crippen molar-refractivity contribution in [2.75, 3.05) is 11.5 Å². The zero-order valence-corrected chi connectivity index (χ0v) is 7.35. The molecule has 0 unspecified atom stereocenters. The van der Waals surface area contributed by atoms with Gasteiger partial charge in [0.2, 0.25) is 11.9 Å². The smallest absolute Gasteiger partial charge is 0.300 e. The van der Waals surface area contributed by atoms with Crippen LogP contribution in [-0.4, -0.2) is 26.0 Å². The molecule has 13 heavy (non-hydrogen) atoms. The number of hydrogen-bond acceptors (Lipinski definition) is 6. The molecule has 5 N–H and O–H groups in total. The number of carboxylic acid groups (broad SMARTS) is 1. The van der Waals surface area contributed by atoms with Gasteiger partial charge in [0, 0.05) is 6.92 Å². The third-order valence-corrected chi connectivity index (χ3v) is 0.782. The highest BCUT2D eigenvalue weighted by Gasteiger charge is 1.93. The fourth-order valence-electron chi connectivity index (χ4n) is 0.524. The molecule has 0 spiro atoms. The van der Waals surface area contributed by atoms with E-state index in [1.54, 1.807) is 6.92 Å². The third kappa shape index (κ3) is 6.48. The maximum absolute atomic E-state index is 9.00. The van der Waals surface area contributed by atoms with Crippen molar-refractivity contribution in [1.29, 1.82) is 0 Å². The van der Waals surface area contributed by atoms with E-state index in [2.05, 4.69) is 15.0 Å². The Morgan fingerprint density at radius 1 is 1.23 bits per heavy atom. The van der Waals surface area contributed by atoms with E-state index < -0.39 is 5.97 Å².